The van der Waals surface area contributed by atoms with Gasteiger partial charge in [-0.25, -0.2) is 0 Å². The zero-order valence-corrected chi connectivity index (χ0v) is 10.3. The molecule has 0 aromatic heterocycles. The number of hydrogen-bond acceptors (Lipinski definition) is 4. The lowest BCUT2D eigenvalue weighted by molar-refractivity contribution is -0.140. The summed E-state index contributed by atoms with van der Waals surface area (Å²) in [6.45, 7) is 0.861. The Morgan fingerprint density at radius 2 is 2.06 bits per heavy atom. The molecule has 4 nitrogen and oxygen atoms in total. The van der Waals surface area contributed by atoms with Gasteiger partial charge in [-0.3, -0.25) is 4.79 Å². The molecule has 16 heavy (non-hydrogen) atoms. The summed E-state index contributed by atoms with van der Waals surface area (Å²) < 4.78 is 10.0. The molecule has 2 unspecified atom stereocenters. The Kier molecular flexibility index (Phi) is 6.42. The fourth-order valence-electron chi connectivity index (χ4n) is 2.23. The van der Waals surface area contributed by atoms with Gasteiger partial charge in [-0.2, -0.15) is 0 Å². The van der Waals surface area contributed by atoms with Gasteiger partial charge in [-0.15, -0.1) is 0 Å². The van der Waals surface area contributed by atoms with Crippen molar-refractivity contribution in [2.24, 2.45) is 0 Å². The van der Waals surface area contributed by atoms with E-state index in [2.05, 4.69) is 10.1 Å². The fraction of sp³-hybridized carbons (Fsp3) is 0.917. The Morgan fingerprint density at radius 1 is 1.31 bits per heavy atom. The van der Waals surface area contributed by atoms with Crippen molar-refractivity contribution >= 4 is 5.97 Å². The molecule has 0 spiro atoms. The van der Waals surface area contributed by atoms with E-state index in [4.69, 9.17) is 4.74 Å². The normalized spacial score (nSPS) is 25.4. The predicted octanol–water partition coefficient (Wildman–Crippen LogP) is 1.49. The van der Waals surface area contributed by atoms with Crippen molar-refractivity contribution < 1.29 is 14.3 Å². The van der Waals surface area contributed by atoms with Crippen LogP contribution in [0.15, 0.2) is 0 Å². The minimum atomic E-state index is -0.131. The first-order chi connectivity index (χ1) is 7.77. The quantitative estimate of drug-likeness (QED) is 0.553. The Balaban J connectivity index is 2.13. The second kappa shape index (κ2) is 7.63. The van der Waals surface area contributed by atoms with Crippen LogP contribution < -0.4 is 5.32 Å². The SMILES string of the molecule is COC(=O)CCCNC1CCCCC1OC. The van der Waals surface area contributed by atoms with Gasteiger partial charge in [-0.1, -0.05) is 12.8 Å². The standard InChI is InChI=1S/C12H23NO3/c1-15-11-7-4-3-6-10(11)13-9-5-8-12(14)16-2/h10-11,13H,3-9H2,1-2H3. The topological polar surface area (TPSA) is 47.6 Å². The van der Waals surface area contributed by atoms with Crippen molar-refractivity contribution in [1.82, 2.24) is 5.32 Å². The van der Waals surface area contributed by atoms with Crippen LogP contribution in [0.25, 0.3) is 0 Å². The number of ether oxygens (including phenoxy) is 2. The molecular weight excluding hydrogens is 206 g/mol. The van der Waals surface area contributed by atoms with Crippen LogP contribution in [0.3, 0.4) is 0 Å². The average Bonchev–Trinajstić information content (AvgIpc) is 2.34. The third-order valence-electron chi connectivity index (χ3n) is 3.20. The number of rotatable bonds is 6. The Hall–Kier alpha value is -0.610. The summed E-state index contributed by atoms with van der Waals surface area (Å²) in [6, 6.07) is 0.455. The van der Waals surface area contributed by atoms with Crippen LogP contribution in [-0.4, -0.2) is 38.9 Å². The highest BCUT2D eigenvalue weighted by Crippen LogP contribution is 2.20. The second-order valence-corrected chi connectivity index (χ2v) is 4.30. The highest BCUT2D eigenvalue weighted by Gasteiger charge is 2.23. The highest BCUT2D eigenvalue weighted by molar-refractivity contribution is 5.69. The fourth-order valence-corrected chi connectivity index (χ4v) is 2.23. The molecule has 0 aromatic carbocycles. The largest absolute Gasteiger partial charge is 0.469 e. The van der Waals surface area contributed by atoms with Gasteiger partial charge in [0.1, 0.15) is 0 Å². The second-order valence-electron chi connectivity index (χ2n) is 4.30. The molecule has 0 aromatic rings. The van der Waals surface area contributed by atoms with Crippen LogP contribution in [0, 0.1) is 0 Å². The first kappa shape index (κ1) is 13.5. The molecule has 1 N–H and O–H groups in total. The van der Waals surface area contributed by atoms with Gasteiger partial charge in [0.05, 0.1) is 13.2 Å². The number of carbonyl (C=O) groups excluding carboxylic acids is 1. The van der Waals surface area contributed by atoms with Crippen molar-refractivity contribution in [3.8, 4) is 0 Å². The predicted molar refractivity (Wildman–Crippen MR) is 62.3 cm³/mol. The van der Waals surface area contributed by atoms with E-state index < -0.39 is 0 Å². The minimum Gasteiger partial charge on any atom is -0.469 e. The third kappa shape index (κ3) is 4.49. The van der Waals surface area contributed by atoms with Gasteiger partial charge in [-0.05, 0) is 25.8 Å². The molecule has 4 heteroatoms. The first-order valence-electron chi connectivity index (χ1n) is 6.11. The van der Waals surface area contributed by atoms with Crippen LogP contribution in [0.1, 0.15) is 38.5 Å². The van der Waals surface area contributed by atoms with E-state index in [1.807, 2.05) is 0 Å². The van der Waals surface area contributed by atoms with Crippen molar-refractivity contribution in [3.63, 3.8) is 0 Å². The van der Waals surface area contributed by atoms with E-state index in [1.54, 1.807) is 7.11 Å². The van der Waals surface area contributed by atoms with Gasteiger partial charge in [0.25, 0.3) is 0 Å². The van der Waals surface area contributed by atoms with Gasteiger partial charge in [0.15, 0.2) is 0 Å². The lowest BCUT2D eigenvalue weighted by Gasteiger charge is -2.31. The molecule has 94 valence electrons. The van der Waals surface area contributed by atoms with E-state index in [-0.39, 0.29) is 5.97 Å². The maximum absolute atomic E-state index is 10.9. The summed E-state index contributed by atoms with van der Waals surface area (Å²) in [5.74, 6) is -0.131. The van der Waals surface area contributed by atoms with E-state index in [1.165, 1.54) is 26.4 Å². The van der Waals surface area contributed by atoms with E-state index in [0.29, 0.717) is 18.6 Å². The first-order valence-corrected chi connectivity index (χ1v) is 6.11. The Bertz CT molecular complexity index is 208. The average molecular weight is 229 g/mol. The number of hydrogen-bond donors (Lipinski definition) is 1. The van der Waals surface area contributed by atoms with Crippen molar-refractivity contribution in [2.75, 3.05) is 20.8 Å². The van der Waals surface area contributed by atoms with Crippen LogP contribution in [-0.2, 0) is 14.3 Å². The smallest absolute Gasteiger partial charge is 0.305 e. The molecule has 1 saturated carbocycles. The van der Waals surface area contributed by atoms with Crippen LogP contribution in [0.2, 0.25) is 0 Å². The molecule has 1 fully saturated rings. The Morgan fingerprint density at radius 3 is 2.75 bits per heavy atom. The minimum absolute atomic E-state index is 0.131. The maximum Gasteiger partial charge on any atom is 0.305 e. The number of carbonyl (C=O) groups is 1. The molecule has 0 aliphatic heterocycles. The third-order valence-corrected chi connectivity index (χ3v) is 3.20. The van der Waals surface area contributed by atoms with E-state index in [0.717, 1.165) is 19.4 Å². The van der Waals surface area contributed by atoms with Crippen LogP contribution in [0.5, 0.6) is 0 Å². The van der Waals surface area contributed by atoms with Gasteiger partial charge >= 0.3 is 5.97 Å². The molecule has 2 atom stereocenters. The van der Waals surface area contributed by atoms with Gasteiger partial charge in [0.2, 0.25) is 0 Å². The zero-order chi connectivity index (χ0) is 11.8. The highest BCUT2D eigenvalue weighted by atomic mass is 16.5. The molecule has 1 aliphatic rings. The number of esters is 1. The lowest BCUT2D eigenvalue weighted by Crippen LogP contribution is -2.43. The molecule has 1 rings (SSSR count). The zero-order valence-electron chi connectivity index (χ0n) is 10.3. The van der Waals surface area contributed by atoms with Gasteiger partial charge in [0, 0.05) is 19.6 Å². The Labute approximate surface area is 97.7 Å². The molecule has 0 heterocycles. The van der Waals surface area contributed by atoms with Crippen molar-refractivity contribution in [1.29, 1.82) is 0 Å². The number of methoxy groups -OCH3 is 2. The summed E-state index contributed by atoms with van der Waals surface area (Å²) in [5.41, 5.74) is 0. The summed E-state index contributed by atoms with van der Waals surface area (Å²) in [7, 11) is 3.21. The molecule has 0 amide bonds. The lowest BCUT2D eigenvalue weighted by atomic mass is 9.92. The maximum atomic E-state index is 10.9. The van der Waals surface area contributed by atoms with E-state index in [9.17, 15) is 4.79 Å². The summed E-state index contributed by atoms with van der Waals surface area (Å²) in [5, 5.41) is 3.47. The molecule has 0 radical (unpaired) electrons. The molecule has 1 aliphatic carbocycles. The molecular formula is C12H23NO3. The molecule has 0 saturated heterocycles. The summed E-state index contributed by atoms with van der Waals surface area (Å²) >= 11 is 0. The van der Waals surface area contributed by atoms with Crippen LogP contribution in [0.4, 0.5) is 0 Å². The monoisotopic (exact) mass is 229 g/mol. The molecule has 0 bridgehead atoms. The van der Waals surface area contributed by atoms with Crippen molar-refractivity contribution in [3.05, 3.63) is 0 Å². The summed E-state index contributed by atoms with van der Waals surface area (Å²) in [6.07, 6.45) is 6.52. The van der Waals surface area contributed by atoms with Gasteiger partial charge < -0.3 is 14.8 Å². The van der Waals surface area contributed by atoms with Crippen molar-refractivity contribution in [2.45, 2.75) is 50.7 Å². The van der Waals surface area contributed by atoms with E-state index >= 15 is 0 Å². The summed E-state index contributed by atoms with van der Waals surface area (Å²) in [4.78, 5) is 10.9. The van der Waals surface area contributed by atoms with Crippen LogP contribution >= 0.6 is 0 Å². The number of nitrogens with one attached hydrogen (secondary N) is 1.